The van der Waals surface area contributed by atoms with E-state index in [1.165, 1.54) is 12.1 Å². The zero-order valence-corrected chi connectivity index (χ0v) is 17.6. The summed E-state index contributed by atoms with van der Waals surface area (Å²) in [5.74, 6) is -1.76. The molecule has 0 fully saturated rings. The molecular formula is C20H27N7O5. The molecule has 1 atom stereocenters. The summed E-state index contributed by atoms with van der Waals surface area (Å²) in [6.45, 7) is 1.53. The molecule has 1 heterocycles. The van der Waals surface area contributed by atoms with Crippen molar-refractivity contribution in [3.05, 3.63) is 40.2 Å². The maximum atomic E-state index is 12.8. The molecule has 0 aliphatic heterocycles. The summed E-state index contributed by atoms with van der Waals surface area (Å²) in [5, 5.41) is 18.1. The van der Waals surface area contributed by atoms with E-state index in [4.69, 9.17) is 21.3 Å². The highest BCUT2D eigenvalue weighted by atomic mass is 16.4. The number of hydrogen-bond acceptors (Lipinski definition) is 7. The summed E-state index contributed by atoms with van der Waals surface area (Å²) in [4.78, 5) is 47.8. The van der Waals surface area contributed by atoms with Crippen molar-refractivity contribution >= 4 is 40.3 Å². The van der Waals surface area contributed by atoms with Gasteiger partial charge in [0.1, 0.15) is 11.6 Å². The molecule has 0 unspecified atom stereocenters. The van der Waals surface area contributed by atoms with E-state index in [1.54, 1.807) is 19.1 Å². The Morgan fingerprint density at radius 3 is 2.59 bits per heavy atom. The quantitative estimate of drug-likeness (QED) is 0.103. The molecule has 2 rings (SSSR count). The lowest BCUT2D eigenvalue weighted by molar-refractivity contribution is -0.128. The van der Waals surface area contributed by atoms with E-state index >= 15 is 0 Å². The highest BCUT2D eigenvalue weighted by molar-refractivity contribution is 5.99. The van der Waals surface area contributed by atoms with E-state index in [2.05, 4.69) is 21.3 Å². The van der Waals surface area contributed by atoms with Crippen LogP contribution in [0.25, 0.3) is 11.0 Å². The monoisotopic (exact) mass is 445 g/mol. The molecule has 32 heavy (non-hydrogen) atoms. The molecule has 12 heteroatoms. The fourth-order valence-electron chi connectivity index (χ4n) is 2.93. The fourth-order valence-corrected chi connectivity index (χ4v) is 2.93. The molecule has 0 aliphatic rings. The van der Waals surface area contributed by atoms with Crippen molar-refractivity contribution in [3.8, 4) is 0 Å². The molecule has 1 aromatic heterocycles. The minimum Gasteiger partial charge on any atom is -0.423 e. The topological polar surface area (TPSA) is 205 Å². The zero-order valence-electron chi connectivity index (χ0n) is 17.6. The molecule has 3 amide bonds. The first-order valence-corrected chi connectivity index (χ1v) is 9.89. The molecule has 0 aliphatic carbocycles. The number of nitrogens with one attached hydrogen (secondary N) is 5. The Hall–Kier alpha value is -3.93. The van der Waals surface area contributed by atoms with E-state index < -0.39 is 29.4 Å². The standard InChI is InChI=1S/C20H27N7O5/c1-11-7-18(30)32-15-8-12(4-5-13(11)15)26-19(31)14(3-2-6-24-20(22)23)27-17(29)10-25-16(28)9-21/h4-5,7-8,14H,2-3,6,9-10,21H2,1H3,(H,25,28)(H,26,31)(H,27,29)(H4,22,23,24)/t14-/m0/s1. The van der Waals surface area contributed by atoms with Gasteiger partial charge in [0.05, 0.1) is 13.1 Å². The summed E-state index contributed by atoms with van der Waals surface area (Å²) in [6.07, 6.45) is 0.670. The number of carbonyl (C=O) groups excluding carboxylic acids is 3. The smallest absolute Gasteiger partial charge is 0.336 e. The first-order valence-electron chi connectivity index (χ1n) is 9.89. The molecule has 172 valence electrons. The van der Waals surface area contributed by atoms with Gasteiger partial charge in [-0.3, -0.25) is 19.8 Å². The van der Waals surface area contributed by atoms with Crippen LogP contribution in [-0.4, -0.2) is 49.4 Å². The largest absolute Gasteiger partial charge is 0.423 e. The molecule has 9 N–H and O–H groups in total. The van der Waals surface area contributed by atoms with Crippen molar-refractivity contribution in [1.29, 1.82) is 5.41 Å². The Kier molecular flexibility index (Phi) is 8.72. The summed E-state index contributed by atoms with van der Waals surface area (Å²) in [5.41, 5.74) is 11.4. The molecule has 0 spiro atoms. The Morgan fingerprint density at radius 1 is 1.16 bits per heavy atom. The minimum atomic E-state index is -0.925. The van der Waals surface area contributed by atoms with Crippen molar-refractivity contribution in [3.63, 3.8) is 0 Å². The van der Waals surface area contributed by atoms with Crippen molar-refractivity contribution in [1.82, 2.24) is 16.0 Å². The lowest BCUT2D eigenvalue weighted by Crippen LogP contribution is -2.48. The highest BCUT2D eigenvalue weighted by Crippen LogP contribution is 2.21. The lowest BCUT2D eigenvalue weighted by Gasteiger charge is -2.19. The van der Waals surface area contributed by atoms with Gasteiger partial charge in [0.25, 0.3) is 0 Å². The van der Waals surface area contributed by atoms with Crippen molar-refractivity contribution in [2.45, 2.75) is 25.8 Å². The van der Waals surface area contributed by atoms with Gasteiger partial charge in [-0.15, -0.1) is 0 Å². The molecule has 0 saturated heterocycles. The van der Waals surface area contributed by atoms with Crippen LogP contribution in [0.15, 0.2) is 33.5 Å². The Bertz CT molecular complexity index is 1070. The number of amides is 3. The number of carbonyl (C=O) groups is 3. The van der Waals surface area contributed by atoms with Gasteiger partial charge >= 0.3 is 5.63 Å². The average Bonchev–Trinajstić information content (AvgIpc) is 2.73. The van der Waals surface area contributed by atoms with Gasteiger partial charge in [0.2, 0.25) is 17.7 Å². The Morgan fingerprint density at radius 2 is 1.91 bits per heavy atom. The van der Waals surface area contributed by atoms with Crippen LogP contribution in [0.5, 0.6) is 0 Å². The van der Waals surface area contributed by atoms with Crippen LogP contribution in [0.2, 0.25) is 0 Å². The SMILES string of the molecule is Cc1cc(=O)oc2cc(NC(=O)[C@H](CCCNC(=N)N)NC(=O)CNC(=O)CN)ccc12. The van der Waals surface area contributed by atoms with Crippen LogP contribution < -0.4 is 38.4 Å². The van der Waals surface area contributed by atoms with Gasteiger partial charge in [-0.1, -0.05) is 0 Å². The molecule has 0 saturated carbocycles. The van der Waals surface area contributed by atoms with Gasteiger partial charge in [-0.2, -0.15) is 0 Å². The van der Waals surface area contributed by atoms with E-state index in [0.29, 0.717) is 24.2 Å². The summed E-state index contributed by atoms with van der Waals surface area (Å²) < 4.78 is 5.19. The Labute approximate surface area is 183 Å². The second kappa shape index (κ2) is 11.5. The van der Waals surface area contributed by atoms with Gasteiger partial charge < -0.3 is 37.2 Å². The highest BCUT2D eigenvalue weighted by Gasteiger charge is 2.21. The molecule has 2 aromatic rings. The lowest BCUT2D eigenvalue weighted by atomic mass is 10.1. The third kappa shape index (κ3) is 7.40. The summed E-state index contributed by atoms with van der Waals surface area (Å²) in [7, 11) is 0. The van der Waals surface area contributed by atoms with Gasteiger partial charge in [-0.05, 0) is 37.5 Å². The number of nitrogens with two attached hydrogens (primary N) is 2. The maximum Gasteiger partial charge on any atom is 0.336 e. The van der Waals surface area contributed by atoms with Crippen molar-refractivity contribution in [2.24, 2.45) is 11.5 Å². The first kappa shape index (κ1) is 24.3. The average molecular weight is 445 g/mol. The van der Waals surface area contributed by atoms with Crippen LogP contribution in [0.3, 0.4) is 0 Å². The van der Waals surface area contributed by atoms with Crippen molar-refractivity contribution < 1.29 is 18.8 Å². The van der Waals surface area contributed by atoms with E-state index in [1.807, 2.05) is 0 Å². The predicted octanol–water partition coefficient (Wildman–Crippen LogP) is -1.14. The number of anilines is 1. The molecule has 0 radical (unpaired) electrons. The van der Waals surface area contributed by atoms with Crippen LogP contribution in [0.1, 0.15) is 18.4 Å². The number of benzene rings is 1. The minimum absolute atomic E-state index is 0.201. The first-order chi connectivity index (χ1) is 15.2. The molecule has 0 bridgehead atoms. The fraction of sp³-hybridized carbons (Fsp3) is 0.350. The normalized spacial score (nSPS) is 11.4. The predicted molar refractivity (Wildman–Crippen MR) is 119 cm³/mol. The van der Waals surface area contributed by atoms with Gasteiger partial charge in [0, 0.05) is 29.8 Å². The second-order valence-electron chi connectivity index (χ2n) is 7.03. The van der Waals surface area contributed by atoms with Gasteiger partial charge in [-0.25, -0.2) is 4.79 Å². The van der Waals surface area contributed by atoms with Crippen LogP contribution in [0.4, 0.5) is 5.69 Å². The van der Waals surface area contributed by atoms with E-state index in [0.717, 1.165) is 10.9 Å². The maximum absolute atomic E-state index is 12.8. The zero-order chi connectivity index (χ0) is 23.7. The summed E-state index contributed by atoms with van der Waals surface area (Å²) in [6, 6.07) is 5.36. The molecule has 12 nitrogen and oxygen atoms in total. The van der Waals surface area contributed by atoms with E-state index in [-0.39, 0.29) is 25.5 Å². The Balaban J connectivity index is 2.10. The van der Waals surface area contributed by atoms with Crippen molar-refractivity contribution in [2.75, 3.05) is 25.0 Å². The van der Waals surface area contributed by atoms with Gasteiger partial charge in [0.15, 0.2) is 5.96 Å². The van der Waals surface area contributed by atoms with Crippen LogP contribution in [-0.2, 0) is 14.4 Å². The molecule has 1 aromatic carbocycles. The number of fused-ring (bicyclic) bond motifs is 1. The van der Waals surface area contributed by atoms with E-state index in [9.17, 15) is 19.2 Å². The van der Waals surface area contributed by atoms with Crippen LogP contribution >= 0.6 is 0 Å². The summed E-state index contributed by atoms with van der Waals surface area (Å²) >= 11 is 0. The number of rotatable bonds is 10. The number of aryl methyl sites for hydroxylation is 1. The second-order valence-corrected chi connectivity index (χ2v) is 7.03. The van der Waals surface area contributed by atoms with Crippen LogP contribution in [0, 0.1) is 12.3 Å². The molecular weight excluding hydrogens is 418 g/mol. The number of guanidine groups is 1. The third-order valence-corrected chi connectivity index (χ3v) is 4.49. The third-order valence-electron chi connectivity index (χ3n) is 4.49. The number of hydrogen-bond donors (Lipinski definition) is 7.